The molecule has 0 saturated heterocycles. The Morgan fingerprint density at radius 3 is 2.85 bits per heavy atom. The summed E-state index contributed by atoms with van der Waals surface area (Å²) in [5.74, 6) is -0.441. The summed E-state index contributed by atoms with van der Waals surface area (Å²) in [6, 6.07) is 4.92. The standard InChI is InChI=1S/C13H15N3O3S/c1-8-7-9(11(17)15-5-4-14)13(20-8)16-12(18)10-3-2-6-19-10/h2-3,6-7H,4-5,14H2,1H3,(H,15,17)(H,16,18). The zero-order chi connectivity index (χ0) is 14.5. The first-order valence-electron chi connectivity index (χ1n) is 6.05. The second-order valence-corrected chi connectivity index (χ2v) is 5.33. The Hall–Kier alpha value is -2.12. The number of furan rings is 1. The molecule has 2 heterocycles. The van der Waals surface area contributed by atoms with Crippen LogP contribution in [0.15, 0.2) is 28.9 Å². The predicted octanol–water partition coefficient (Wildman–Crippen LogP) is 1.59. The second kappa shape index (κ2) is 6.36. The van der Waals surface area contributed by atoms with Gasteiger partial charge < -0.3 is 20.8 Å². The molecule has 0 spiro atoms. The zero-order valence-corrected chi connectivity index (χ0v) is 11.8. The van der Waals surface area contributed by atoms with Crippen molar-refractivity contribution in [2.75, 3.05) is 18.4 Å². The maximum Gasteiger partial charge on any atom is 0.291 e. The van der Waals surface area contributed by atoms with Gasteiger partial charge in [-0.2, -0.15) is 0 Å². The highest BCUT2D eigenvalue weighted by atomic mass is 32.1. The van der Waals surface area contributed by atoms with Gasteiger partial charge in [0.1, 0.15) is 5.00 Å². The van der Waals surface area contributed by atoms with Crippen LogP contribution in [0, 0.1) is 6.92 Å². The average molecular weight is 293 g/mol. The van der Waals surface area contributed by atoms with Gasteiger partial charge in [0.2, 0.25) is 0 Å². The van der Waals surface area contributed by atoms with Gasteiger partial charge in [0.25, 0.3) is 11.8 Å². The molecule has 0 aromatic carbocycles. The van der Waals surface area contributed by atoms with E-state index >= 15 is 0 Å². The summed E-state index contributed by atoms with van der Waals surface area (Å²) in [5.41, 5.74) is 5.78. The van der Waals surface area contributed by atoms with Crippen molar-refractivity contribution in [2.24, 2.45) is 5.73 Å². The van der Waals surface area contributed by atoms with Gasteiger partial charge in [-0.05, 0) is 25.1 Å². The minimum Gasteiger partial charge on any atom is -0.459 e. The summed E-state index contributed by atoms with van der Waals surface area (Å²) >= 11 is 1.34. The lowest BCUT2D eigenvalue weighted by Gasteiger charge is -2.05. The van der Waals surface area contributed by atoms with E-state index in [-0.39, 0.29) is 17.6 Å². The van der Waals surface area contributed by atoms with Crippen LogP contribution < -0.4 is 16.4 Å². The third-order valence-electron chi connectivity index (χ3n) is 2.50. The number of carbonyl (C=O) groups is 2. The van der Waals surface area contributed by atoms with Crippen molar-refractivity contribution in [3.63, 3.8) is 0 Å². The highest BCUT2D eigenvalue weighted by Gasteiger charge is 2.18. The molecule has 0 aliphatic rings. The summed E-state index contributed by atoms with van der Waals surface area (Å²) in [5, 5.41) is 5.86. The van der Waals surface area contributed by atoms with Crippen molar-refractivity contribution < 1.29 is 14.0 Å². The minimum atomic E-state index is -0.385. The lowest BCUT2D eigenvalue weighted by molar-refractivity contribution is 0.0956. The molecule has 0 radical (unpaired) electrons. The van der Waals surface area contributed by atoms with Gasteiger partial charge in [-0.25, -0.2) is 0 Å². The van der Waals surface area contributed by atoms with Crippen molar-refractivity contribution in [2.45, 2.75) is 6.92 Å². The number of aryl methyl sites for hydroxylation is 1. The molecule has 6 nitrogen and oxygen atoms in total. The second-order valence-electron chi connectivity index (χ2n) is 4.08. The first-order valence-corrected chi connectivity index (χ1v) is 6.87. The Morgan fingerprint density at radius 2 is 2.20 bits per heavy atom. The van der Waals surface area contributed by atoms with Crippen LogP contribution in [0.5, 0.6) is 0 Å². The molecule has 2 rings (SSSR count). The summed E-state index contributed by atoms with van der Waals surface area (Å²) in [4.78, 5) is 24.8. The highest BCUT2D eigenvalue weighted by Crippen LogP contribution is 2.28. The summed E-state index contributed by atoms with van der Waals surface area (Å²) in [6.45, 7) is 2.62. The van der Waals surface area contributed by atoms with Crippen molar-refractivity contribution in [3.05, 3.63) is 40.7 Å². The quantitative estimate of drug-likeness (QED) is 0.779. The van der Waals surface area contributed by atoms with Crippen LogP contribution in [0.2, 0.25) is 0 Å². The Kier molecular flexibility index (Phi) is 4.54. The number of rotatable bonds is 5. The monoisotopic (exact) mass is 293 g/mol. The number of hydrogen-bond acceptors (Lipinski definition) is 5. The van der Waals surface area contributed by atoms with Gasteiger partial charge >= 0.3 is 0 Å². The number of amides is 2. The lowest BCUT2D eigenvalue weighted by atomic mass is 10.2. The molecule has 20 heavy (non-hydrogen) atoms. The van der Waals surface area contributed by atoms with Gasteiger partial charge in [-0.3, -0.25) is 9.59 Å². The molecular formula is C13H15N3O3S. The van der Waals surface area contributed by atoms with Crippen LogP contribution in [0.25, 0.3) is 0 Å². The van der Waals surface area contributed by atoms with Crippen LogP contribution in [-0.2, 0) is 0 Å². The zero-order valence-electron chi connectivity index (χ0n) is 10.9. The maximum absolute atomic E-state index is 12.0. The fourth-order valence-corrected chi connectivity index (χ4v) is 2.53. The minimum absolute atomic E-state index is 0.198. The molecule has 0 atom stereocenters. The van der Waals surface area contributed by atoms with Crippen molar-refractivity contribution in [3.8, 4) is 0 Å². The van der Waals surface area contributed by atoms with E-state index in [2.05, 4.69) is 10.6 Å². The van der Waals surface area contributed by atoms with Gasteiger partial charge in [-0.15, -0.1) is 11.3 Å². The van der Waals surface area contributed by atoms with Gasteiger partial charge in [0, 0.05) is 18.0 Å². The third kappa shape index (κ3) is 3.25. The number of anilines is 1. The topological polar surface area (TPSA) is 97.4 Å². The first kappa shape index (κ1) is 14.3. The Balaban J connectivity index is 2.15. The Morgan fingerprint density at radius 1 is 1.40 bits per heavy atom. The number of thiophene rings is 1. The molecule has 106 valence electrons. The third-order valence-corrected chi connectivity index (χ3v) is 3.47. The van der Waals surface area contributed by atoms with E-state index in [1.165, 1.54) is 17.6 Å². The number of nitrogens with one attached hydrogen (secondary N) is 2. The maximum atomic E-state index is 12.0. The molecule has 0 aliphatic carbocycles. The first-order chi connectivity index (χ1) is 9.61. The fraction of sp³-hybridized carbons (Fsp3) is 0.231. The van der Waals surface area contributed by atoms with E-state index in [1.807, 2.05) is 6.92 Å². The average Bonchev–Trinajstić information content (AvgIpc) is 3.05. The summed E-state index contributed by atoms with van der Waals surface area (Å²) in [6.07, 6.45) is 1.42. The summed E-state index contributed by atoms with van der Waals surface area (Å²) in [7, 11) is 0. The molecular weight excluding hydrogens is 278 g/mol. The molecule has 2 amide bonds. The van der Waals surface area contributed by atoms with Crippen LogP contribution in [0.3, 0.4) is 0 Å². The number of carbonyl (C=O) groups excluding carboxylic acids is 2. The van der Waals surface area contributed by atoms with Gasteiger partial charge in [0.15, 0.2) is 5.76 Å². The smallest absolute Gasteiger partial charge is 0.291 e. The molecule has 0 aliphatic heterocycles. The van der Waals surface area contributed by atoms with Crippen molar-refractivity contribution in [1.29, 1.82) is 0 Å². The SMILES string of the molecule is Cc1cc(C(=O)NCCN)c(NC(=O)c2ccco2)s1. The number of hydrogen-bond donors (Lipinski definition) is 3. The largest absolute Gasteiger partial charge is 0.459 e. The Labute approximate surface area is 120 Å². The normalized spacial score (nSPS) is 10.3. The van der Waals surface area contributed by atoms with Crippen molar-refractivity contribution in [1.82, 2.24) is 5.32 Å². The van der Waals surface area contributed by atoms with Crippen molar-refractivity contribution >= 4 is 28.2 Å². The molecule has 4 N–H and O–H groups in total. The predicted molar refractivity (Wildman–Crippen MR) is 77.1 cm³/mol. The molecule has 2 aromatic rings. The highest BCUT2D eigenvalue weighted by molar-refractivity contribution is 7.16. The van der Waals surface area contributed by atoms with E-state index in [9.17, 15) is 9.59 Å². The fourth-order valence-electron chi connectivity index (χ4n) is 1.63. The molecule has 0 saturated carbocycles. The Bertz CT molecular complexity index is 604. The van der Waals surface area contributed by atoms with Crippen LogP contribution >= 0.6 is 11.3 Å². The lowest BCUT2D eigenvalue weighted by Crippen LogP contribution is -2.29. The van der Waals surface area contributed by atoms with Crippen LogP contribution in [0.1, 0.15) is 25.8 Å². The van der Waals surface area contributed by atoms with Gasteiger partial charge in [-0.1, -0.05) is 0 Å². The van der Waals surface area contributed by atoms with Gasteiger partial charge in [0.05, 0.1) is 11.8 Å². The molecule has 0 unspecified atom stereocenters. The molecule has 0 fully saturated rings. The summed E-state index contributed by atoms with van der Waals surface area (Å²) < 4.78 is 5.02. The van der Waals surface area contributed by atoms with E-state index in [4.69, 9.17) is 10.2 Å². The van der Waals surface area contributed by atoms with Crippen LogP contribution in [-0.4, -0.2) is 24.9 Å². The van der Waals surface area contributed by atoms with E-state index in [0.717, 1.165) is 4.88 Å². The van der Waals surface area contributed by atoms with E-state index < -0.39 is 0 Å². The van der Waals surface area contributed by atoms with Crippen LogP contribution in [0.4, 0.5) is 5.00 Å². The van der Waals surface area contributed by atoms with E-state index in [1.54, 1.807) is 18.2 Å². The molecule has 7 heteroatoms. The molecule has 0 bridgehead atoms. The molecule has 2 aromatic heterocycles. The van der Waals surface area contributed by atoms with E-state index in [0.29, 0.717) is 23.7 Å². The number of nitrogens with two attached hydrogens (primary N) is 1.